The van der Waals surface area contributed by atoms with E-state index in [2.05, 4.69) is 5.32 Å². The summed E-state index contributed by atoms with van der Waals surface area (Å²) in [7, 11) is 0. The number of rotatable bonds is 3. The van der Waals surface area contributed by atoms with Gasteiger partial charge in [0.15, 0.2) is 28.7 Å². The van der Waals surface area contributed by atoms with Gasteiger partial charge in [0.05, 0.1) is 6.04 Å². The standard InChI is InChI=1S/C22H19NO9/c24-11-6-15(26)12-8-13(23-22(31)9-1-2-14(25)16(27)3-9)21(32-19(12)7-11)10-4-17(28)20(30)18(29)5-10/h1-7,13,21,24-30H,8H2,(H,23,31)/t13-,21+/m0/s1. The fraction of sp³-hybridized carbons (Fsp3) is 0.136. The lowest BCUT2D eigenvalue weighted by Gasteiger charge is -2.35. The third-order valence-corrected chi connectivity index (χ3v) is 5.19. The normalized spacial score (nSPS) is 17.2. The predicted octanol–water partition coefficient (Wildman–Crippen LogP) is 2.10. The van der Waals surface area contributed by atoms with Crippen LogP contribution in [0.5, 0.6) is 46.0 Å². The molecule has 1 aliphatic heterocycles. The highest BCUT2D eigenvalue weighted by atomic mass is 16.5. The molecular formula is C22H19NO9. The quantitative estimate of drug-likeness (QED) is 0.282. The summed E-state index contributed by atoms with van der Waals surface area (Å²) in [6.07, 6.45) is -0.958. The van der Waals surface area contributed by atoms with Crippen LogP contribution in [0.1, 0.15) is 27.6 Å². The van der Waals surface area contributed by atoms with Crippen LogP contribution < -0.4 is 10.1 Å². The second-order valence-corrected chi connectivity index (χ2v) is 7.38. The SMILES string of the molecule is O=C(N[C@H]1Cc2c(O)cc(O)cc2O[C@@H]1c1cc(O)c(O)c(O)c1)c1ccc(O)c(O)c1. The average molecular weight is 441 g/mol. The summed E-state index contributed by atoms with van der Waals surface area (Å²) in [5.74, 6) is -3.83. The van der Waals surface area contributed by atoms with E-state index in [1.807, 2.05) is 0 Å². The van der Waals surface area contributed by atoms with Gasteiger partial charge in [-0.15, -0.1) is 0 Å². The second-order valence-electron chi connectivity index (χ2n) is 7.38. The first-order chi connectivity index (χ1) is 15.1. The van der Waals surface area contributed by atoms with Gasteiger partial charge in [-0.2, -0.15) is 0 Å². The summed E-state index contributed by atoms with van der Waals surface area (Å²) in [4.78, 5) is 12.8. The Balaban J connectivity index is 1.74. The number of aromatic hydroxyl groups is 7. The number of hydrogen-bond acceptors (Lipinski definition) is 9. The molecule has 1 amide bonds. The highest BCUT2D eigenvalue weighted by Crippen LogP contribution is 2.44. The first-order valence-corrected chi connectivity index (χ1v) is 9.43. The fourth-order valence-corrected chi connectivity index (χ4v) is 3.61. The molecule has 10 nitrogen and oxygen atoms in total. The molecule has 32 heavy (non-hydrogen) atoms. The zero-order chi connectivity index (χ0) is 23.2. The van der Waals surface area contributed by atoms with Crippen LogP contribution >= 0.6 is 0 Å². The highest BCUT2D eigenvalue weighted by Gasteiger charge is 2.35. The summed E-state index contributed by atoms with van der Waals surface area (Å²) in [6.45, 7) is 0. The van der Waals surface area contributed by atoms with Crippen LogP contribution in [0.3, 0.4) is 0 Å². The maximum atomic E-state index is 12.8. The van der Waals surface area contributed by atoms with Crippen molar-refractivity contribution in [2.45, 2.75) is 18.6 Å². The number of ether oxygens (including phenoxy) is 1. The molecule has 0 aromatic heterocycles. The molecule has 10 heteroatoms. The number of phenols is 7. The smallest absolute Gasteiger partial charge is 0.251 e. The van der Waals surface area contributed by atoms with Gasteiger partial charge >= 0.3 is 0 Å². The van der Waals surface area contributed by atoms with E-state index in [-0.39, 0.29) is 34.8 Å². The molecule has 3 aromatic rings. The monoisotopic (exact) mass is 441 g/mol. The third kappa shape index (κ3) is 3.69. The Morgan fingerprint density at radius 2 is 1.50 bits per heavy atom. The molecule has 166 valence electrons. The van der Waals surface area contributed by atoms with Gasteiger partial charge in [-0.1, -0.05) is 0 Å². The molecule has 0 unspecified atom stereocenters. The summed E-state index contributed by atoms with van der Waals surface area (Å²) in [5, 5.41) is 71.3. The molecule has 0 radical (unpaired) electrons. The van der Waals surface area contributed by atoms with Crippen molar-refractivity contribution in [3.05, 3.63) is 59.2 Å². The van der Waals surface area contributed by atoms with E-state index >= 15 is 0 Å². The fourth-order valence-electron chi connectivity index (χ4n) is 3.61. The number of amides is 1. The summed E-state index contributed by atoms with van der Waals surface area (Å²) in [6, 6.07) is 7.38. The Bertz CT molecular complexity index is 1200. The summed E-state index contributed by atoms with van der Waals surface area (Å²) < 4.78 is 5.89. The Kier molecular flexibility index (Phi) is 4.97. The van der Waals surface area contributed by atoms with E-state index in [4.69, 9.17) is 4.74 Å². The molecule has 0 saturated carbocycles. The molecule has 0 bridgehead atoms. The zero-order valence-electron chi connectivity index (χ0n) is 16.4. The van der Waals surface area contributed by atoms with Crippen LogP contribution in [0, 0.1) is 0 Å². The van der Waals surface area contributed by atoms with Gasteiger partial charge < -0.3 is 45.8 Å². The number of benzene rings is 3. The Morgan fingerprint density at radius 1 is 0.812 bits per heavy atom. The highest BCUT2D eigenvalue weighted by molar-refractivity contribution is 5.95. The largest absolute Gasteiger partial charge is 0.508 e. The molecule has 0 spiro atoms. The van der Waals surface area contributed by atoms with E-state index in [0.717, 1.165) is 30.3 Å². The van der Waals surface area contributed by atoms with Gasteiger partial charge in [0.1, 0.15) is 23.4 Å². The van der Waals surface area contributed by atoms with Gasteiger partial charge in [-0.3, -0.25) is 4.79 Å². The third-order valence-electron chi connectivity index (χ3n) is 5.19. The molecule has 3 aromatic carbocycles. The maximum Gasteiger partial charge on any atom is 0.251 e. The molecule has 2 atom stereocenters. The lowest BCUT2D eigenvalue weighted by Crippen LogP contribution is -2.45. The van der Waals surface area contributed by atoms with Crippen LogP contribution in [0.2, 0.25) is 0 Å². The second kappa shape index (κ2) is 7.65. The van der Waals surface area contributed by atoms with E-state index in [1.54, 1.807) is 0 Å². The molecule has 1 aliphatic rings. The van der Waals surface area contributed by atoms with E-state index in [0.29, 0.717) is 5.56 Å². The molecule has 0 saturated heterocycles. The molecule has 4 rings (SSSR count). The Morgan fingerprint density at radius 3 is 2.16 bits per heavy atom. The van der Waals surface area contributed by atoms with Crippen LogP contribution in [-0.4, -0.2) is 47.7 Å². The lowest BCUT2D eigenvalue weighted by molar-refractivity contribution is 0.0836. The van der Waals surface area contributed by atoms with Crippen molar-refractivity contribution in [3.8, 4) is 46.0 Å². The van der Waals surface area contributed by atoms with E-state index in [9.17, 15) is 40.5 Å². The van der Waals surface area contributed by atoms with E-state index < -0.39 is 46.8 Å². The first kappa shape index (κ1) is 20.8. The Hall–Kier alpha value is -4.47. The minimum absolute atomic E-state index is 0.0381. The molecule has 0 aliphatic carbocycles. The topological polar surface area (TPSA) is 180 Å². The number of nitrogens with one attached hydrogen (secondary N) is 1. The molecule has 8 N–H and O–H groups in total. The number of carbonyl (C=O) groups excluding carboxylic acids is 1. The average Bonchev–Trinajstić information content (AvgIpc) is 2.73. The van der Waals surface area contributed by atoms with Gasteiger partial charge in [-0.25, -0.2) is 0 Å². The van der Waals surface area contributed by atoms with Crippen molar-refractivity contribution in [1.29, 1.82) is 0 Å². The minimum Gasteiger partial charge on any atom is -0.508 e. The number of hydrogen-bond donors (Lipinski definition) is 8. The van der Waals surface area contributed by atoms with Crippen LogP contribution in [-0.2, 0) is 6.42 Å². The predicted molar refractivity (Wildman–Crippen MR) is 109 cm³/mol. The summed E-state index contributed by atoms with van der Waals surface area (Å²) in [5.41, 5.74) is 0.548. The molecule has 0 fully saturated rings. The van der Waals surface area contributed by atoms with Gasteiger partial charge in [0, 0.05) is 35.2 Å². The molecule has 1 heterocycles. The van der Waals surface area contributed by atoms with Crippen molar-refractivity contribution >= 4 is 5.91 Å². The van der Waals surface area contributed by atoms with Gasteiger partial charge in [-0.05, 0) is 30.3 Å². The van der Waals surface area contributed by atoms with Crippen molar-refractivity contribution < 1.29 is 45.3 Å². The van der Waals surface area contributed by atoms with Gasteiger partial charge in [0.25, 0.3) is 5.91 Å². The van der Waals surface area contributed by atoms with Crippen molar-refractivity contribution in [1.82, 2.24) is 5.32 Å². The molecular weight excluding hydrogens is 422 g/mol. The van der Waals surface area contributed by atoms with Crippen molar-refractivity contribution in [2.24, 2.45) is 0 Å². The number of phenolic OH excluding ortho intramolecular Hbond substituents is 7. The van der Waals surface area contributed by atoms with Crippen molar-refractivity contribution in [2.75, 3.05) is 0 Å². The van der Waals surface area contributed by atoms with Crippen LogP contribution in [0.15, 0.2) is 42.5 Å². The van der Waals surface area contributed by atoms with Crippen LogP contribution in [0.4, 0.5) is 0 Å². The van der Waals surface area contributed by atoms with Gasteiger partial charge in [0.2, 0.25) is 0 Å². The summed E-state index contributed by atoms with van der Waals surface area (Å²) >= 11 is 0. The lowest BCUT2D eigenvalue weighted by atomic mass is 9.91. The van der Waals surface area contributed by atoms with Crippen LogP contribution in [0.25, 0.3) is 0 Å². The zero-order valence-corrected chi connectivity index (χ0v) is 16.4. The number of fused-ring (bicyclic) bond motifs is 1. The maximum absolute atomic E-state index is 12.8. The van der Waals surface area contributed by atoms with Crippen molar-refractivity contribution in [3.63, 3.8) is 0 Å². The van der Waals surface area contributed by atoms with E-state index in [1.165, 1.54) is 12.1 Å². The number of carbonyl (C=O) groups is 1. The Labute approximate surface area is 180 Å². The minimum atomic E-state index is -1.00. The first-order valence-electron chi connectivity index (χ1n) is 9.43.